The summed E-state index contributed by atoms with van der Waals surface area (Å²) in [7, 11) is 4.12. The van der Waals surface area contributed by atoms with Crippen molar-refractivity contribution in [1.29, 1.82) is 0 Å². The van der Waals surface area contributed by atoms with Crippen molar-refractivity contribution in [3.05, 3.63) is 0 Å². The first kappa shape index (κ1) is 20.5. The van der Waals surface area contributed by atoms with Crippen molar-refractivity contribution in [3.63, 3.8) is 0 Å². The number of hydrogen-bond acceptors (Lipinski definition) is 3. The number of likely N-dealkylation sites (N-methyl/N-ethyl adjacent to an activating group) is 1. The second-order valence-corrected chi connectivity index (χ2v) is 8.66. The zero-order valence-corrected chi connectivity index (χ0v) is 17.1. The molecule has 25 heavy (non-hydrogen) atoms. The van der Waals surface area contributed by atoms with Crippen LogP contribution in [-0.2, 0) is 0 Å². The number of guanidine groups is 1. The molecule has 1 aliphatic carbocycles. The molecule has 146 valence electrons. The molecule has 1 saturated heterocycles. The predicted octanol–water partition coefficient (Wildman–Crippen LogP) is 2.40. The van der Waals surface area contributed by atoms with Gasteiger partial charge in [0.15, 0.2) is 5.96 Å². The van der Waals surface area contributed by atoms with Crippen LogP contribution in [0.25, 0.3) is 0 Å². The molecule has 1 saturated carbocycles. The van der Waals surface area contributed by atoms with Crippen molar-refractivity contribution in [2.75, 3.05) is 59.9 Å². The predicted molar refractivity (Wildman–Crippen MR) is 108 cm³/mol. The Labute approximate surface area is 155 Å². The van der Waals surface area contributed by atoms with Gasteiger partial charge in [0.25, 0.3) is 0 Å². The Morgan fingerprint density at radius 3 is 2.52 bits per heavy atom. The average molecular weight is 352 g/mol. The fourth-order valence-electron chi connectivity index (χ4n) is 4.32. The van der Waals surface area contributed by atoms with E-state index in [0.29, 0.717) is 5.41 Å². The molecule has 0 bridgehead atoms. The van der Waals surface area contributed by atoms with E-state index in [1.807, 2.05) is 7.05 Å². The van der Waals surface area contributed by atoms with Crippen molar-refractivity contribution < 1.29 is 0 Å². The van der Waals surface area contributed by atoms with E-state index in [2.05, 4.69) is 46.3 Å². The van der Waals surface area contributed by atoms with Gasteiger partial charge in [-0.1, -0.05) is 20.3 Å². The molecule has 2 aliphatic rings. The lowest BCUT2D eigenvalue weighted by molar-refractivity contribution is 0.104. The maximum Gasteiger partial charge on any atom is 0.190 e. The molecule has 5 heteroatoms. The summed E-state index contributed by atoms with van der Waals surface area (Å²) in [4.78, 5) is 9.46. The van der Waals surface area contributed by atoms with Crippen LogP contribution in [0.15, 0.2) is 4.99 Å². The Kier molecular flexibility index (Phi) is 8.50. The molecule has 1 heterocycles. The maximum absolute atomic E-state index is 4.41. The Balaban J connectivity index is 1.62. The summed E-state index contributed by atoms with van der Waals surface area (Å²) < 4.78 is 0. The summed E-state index contributed by atoms with van der Waals surface area (Å²) in [5.74, 6) is 1.76. The van der Waals surface area contributed by atoms with Crippen LogP contribution in [0.4, 0.5) is 0 Å². The number of hydrogen-bond donors (Lipinski definition) is 2. The lowest BCUT2D eigenvalue weighted by Crippen LogP contribution is -2.47. The van der Waals surface area contributed by atoms with Gasteiger partial charge >= 0.3 is 0 Å². The lowest BCUT2D eigenvalue weighted by atomic mass is 9.64. The van der Waals surface area contributed by atoms with Crippen molar-refractivity contribution in [1.82, 2.24) is 20.4 Å². The molecular formula is C20H41N5. The highest BCUT2D eigenvalue weighted by Crippen LogP contribution is 2.45. The fraction of sp³-hybridized carbons (Fsp3) is 0.950. The topological polar surface area (TPSA) is 42.9 Å². The summed E-state index contributed by atoms with van der Waals surface area (Å²) >= 11 is 0. The van der Waals surface area contributed by atoms with E-state index in [9.17, 15) is 0 Å². The zero-order valence-electron chi connectivity index (χ0n) is 17.1. The molecule has 2 rings (SSSR count). The summed E-state index contributed by atoms with van der Waals surface area (Å²) in [5, 5.41) is 7.10. The summed E-state index contributed by atoms with van der Waals surface area (Å²) in [5.41, 5.74) is 0.518. The van der Waals surface area contributed by atoms with Crippen LogP contribution in [0.2, 0.25) is 0 Å². The molecule has 0 atom stereocenters. The van der Waals surface area contributed by atoms with Crippen LogP contribution in [0.5, 0.6) is 0 Å². The number of aliphatic imine (C=N–C) groups is 1. The molecule has 2 fully saturated rings. The van der Waals surface area contributed by atoms with E-state index in [1.54, 1.807) is 0 Å². The number of nitrogens with one attached hydrogen (secondary N) is 2. The van der Waals surface area contributed by atoms with E-state index in [0.717, 1.165) is 25.0 Å². The van der Waals surface area contributed by atoms with Crippen LogP contribution in [0.3, 0.4) is 0 Å². The average Bonchev–Trinajstić information content (AvgIpc) is 2.75. The van der Waals surface area contributed by atoms with Gasteiger partial charge in [-0.05, 0) is 70.1 Å². The smallest absolute Gasteiger partial charge is 0.190 e. The Morgan fingerprint density at radius 1 is 1.08 bits per heavy atom. The molecule has 1 aliphatic heterocycles. The summed E-state index contributed by atoms with van der Waals surface area (Å²) in [6.45, 7) is 12.8. The second kappa shape index (κ2) is 10.4. The highest BCUT2D eigenvalue weighted by Gasteiger charge is 2.37. The SMILES string of the molecule is CN=C(NCCCN1CCCN(C)CC1)NCC1(CC(C)C)CCC1. The van der Waals surface area contributed by atoms with Gasteiger partial charge in [-0.2, -0.15) is 0 Å². The molecule has 0 aromatic rings. The minimum absolute atomic E-state index is 0.518. The van der Waals surface area contributed by atoms with Gasteiger partial charge in [0.1, 0.15) is 0 Å². The normalized spacial score (nSPS) is 22.5. The number of rotatable bonds is 8. The van der Waals surface area contributed by atoms with Gasteiger partial charge in [0, 0.05) is 33.2 Å². The summed E-state index contributed by atoms with van der Waals surface area (Å²) in [6.07, 6.45) is 7.95. The lowest BCUT2D eigenvalue weighted by Gasteiger charge is -2.43. The standard InChI is InChI=1S/C20H41N5/c1-18(2)16-20(8-5-9-20)17-23-19(21-3)22-10-6-12-25-13-7-11-24(4)14-15-25/h18H,5-17H2,1-4H3,(H2,21,22,23). The van der Waals surface area contributed by atoms with Crippen LogP contribution in [-0.4, -0.2) is 75.7 Å². The highest BCUT2D eigenvalue weighted by molar-refractivity contribution is 5.79. The van der Waals surface area contributed by atoms with Gasteiger partial charge in [-0.15, -0.1) is 0 Å². The fourth-order valence-corrected chi connectivity index (χ4v) is 4.32. The molecule has 0 spiro atoms. The highest BCUT2D eigenvalue weighted by atomic mass is 15.2. The van der Waals surface area contributed by atoms with Crippen LogP contribution < -0.4 is 10.6 Å². The second-order valence-electron chi connectivity index (χ2n) is 8.66. The van der Waals surface area contributed by atoms with Crippen molar-refractivity contribution in [3.8, 4) is 0 Å². The Hall–Kier alpha value is -0.810. The molecule has 5 nitrogen and oxygen atoms in total. The van der Waals surface area contributed by atoms with Crippen molar-refractivity contribution in [2.24, 2.45) is 16.3 Å². The van der Waals surface area contributed by atoms with Crippen LogP contribution in [0, 0.1) is 11.3 Å². The third-order valence-electron chi connectivity index (χ3n) is 5.87. The van der Waals surface area contributed by atoms with E-state index in [1.165, 1.54) is 71.2 Å². The zero-order chi connectivity index (χ0) is 18.1. The third kappa shape index (κ3) is 7.14. The maximum atomic E-state index is 4.41. The Bertz CT molecular complexity index is 403. The van der Waals surface area contributed by atoms with Gasteiger partial charge < -0.3 is 20.4 Å². The van der Waals surface area contributed by atoms with E-state index in [-0.39, 0.29) is 0 Å². The molecular weight excluding hydrogens is 310 g/mol. The Morgan fingerprint density at radius 2 is 1.88 bits per heavy atom. The van der Waals surface area contributed by atoms with Crippen LogP contribution in [0.1, 0.15) is 52.4 Å². The molecule has 0 radical (unpaired) electrons. The van der Waals surface area contributed by atoms with Gasteiger partial charge in [0.2, 0.25) is 0 Å². The van der Waals surface area contributed by atoms with Crippen molar-refractivity contribution in [2.45, 2.75) is 52.4 Å². The van der Waals surface area contributed by atoms with Gasteiger partial charge in [-0.3, -0.25) is 4.99 Å². The van der Waals surface area contributed by atoms with Crippen molar-refractivity contribution >= 4 is 5.96 Å². The first-order valence-electron chi connectivity index (χ1n) is 10.4. The van der Waals surface area contributed by atoms with E-state index < -0.39 is 0 Å². The van der Waals surface area contributed by atoms with Crippen LogP contribution >= 0.6 is 0 Å². The third-order valence-corrected chi connectivity index (χ3v) is 5.87. The molecule has 0 unspecified atom stereocenters. The molecule has 0 aromatic carbocycles. The first-order valence-corrected chi connectivity index (χ1v) is 10.4. The molecule has 0 amide bonds. The first-order chi connectivity index (χ1) is 12.0. The van der Waals surface area contributed by atoms with E-state index in [4.69, 9.17) is 0 Å². The summed E-state index contributed by atoms with van der Waals surface area (Å²) in [6, 6.07) is 0. The van der Waals surface area contributed by atoms with Gasteiger partial charge in [0.05, 0.1) is 0 Å². The van der Waals surface area contributed by atoms with Gasteiger partial charge in [-0.25, -0.2) is 0 Å². The minimum atomic E-state index is 0.518. The quantitative estimate of drug-likeness (QED) is 0.400. The minimum Gasteiger partial charge on any atom is -0.356 e. The monoisotopic (exact) mass is 351 g/mol. The molecule has 2 N–H and O–H groups in total. The number of nitrogens with zero attached hydrogens (tertiary/aromatic N) is 3. The van der Waals surface area contributed by atoms with E-state index >= 15 is 0 Å². The largest absolute Gasteiger partial charge is 0.356 e. The molecule has 0 aromatic heterocycles.